The maximum Gasteiger partial charge on any atom is 0.488 e. The monoisotopic (exact) mass is 413 g/mol. The molecule has 0 aromatic rings. The highest BCUT2D eigenvalue weighted by Crippen LogP contribution is 2.37. The largest absolute Gasteiger partial charge is 0.549 e. The molecule has 1 radical (unpaired) electrons. The van der Waals surface area contributed by atoms with Crippen LogP contribution >= 0.6 is 0 Å². The molecule has 0 aliphatic rings. The van der Waals surface area contributed by atoms with Gasteiger partial charge in [-0.05, 0) is 61.3 Å². The van der Waals surface area contributed by atoms with Crippen molar-refractivity contribution >= 4 is 24.3 Å². The SMILES string of the molecule is CC(C)(C)[Si](C)(C)OC=CCCO[B]OCCC=CO[Si](C)(C)C(C)(C)C. The summed E-state index contributed by atoms with van der Waals surface area (Å²) in [5.41, 5.74) is 0. The van der Waals surface area contributed by atoms with Gasteiger partial charge in [0.05, 0.1) is 12.5 Å². The maximum absolute atomic E-state index is 5.97. The topological polar surface area (TPSA) is 36.9 Å². The molecule has 0 amide bonds. The smallest absolute Gasteiger partial charge is 0.488 e. The molecule has 0 fully saturated rings. The zero-order valence-electron chi connectivity index (χ0n) is 19.3. The van der Waals surface area contributed by atoms with Crippen LogP contribution in [0.25, 0.3) is 0 Å². The fourth-order valence-corrected chi connectivity index (χ4v) is 2.92. The third-order valence-electron chi connectivity index (χ3n) is 5.47. The van der Waals surface area contributed by atoms with E-state index >= 15 is 0 Å². The molecule has 0 saturated heterocycles. The average molecular weight is 414 g/mol. The normalized spacial score (nSPS) is 14.1. The Morgan fingerprint density at radius 3 is 1.30 bits per heavy atom. The van der Waals surface area contributed by atoms with E-state index in [9.17, 15) is 0 Å². The predicted octanol–water partition coefficient (Wildman–Crippen LogP) is 6.41. The highest BCUT2D eigenvalue weighted by Gasteiger charge is 2.38. The van der Waals surface area contributed by atoms with Gasteiger partial charge in [-0.2, -0.15) is 0 Å². The Kier molecular flexibility index (Phi) is 11.3. The van der Waals surface area contributed by atoms with Crippen molar-refractivity contribution in [1.29, 1.82) is 0 Å². The van der Waals surface area contributed by atoms with Gasteiger partial charge in [-0.3, -0.25) is 0 Å². The van der Waals surface area contributed by atoms with E-state index in [1.807, 2.05) is 24.7 Å². The van der Waals surface area contributed by atoms with Gasteiger partial charge in [-0.15, -0.1) is 0 Å². The summed E-state index contributed by atoms with van der Waals surface area (Å²) in [6.45, 7) is 23.5. The summed E-state index contributed by atoms with van der Waals surface area (Å²) < 4.78 is 22.6. The van der Waals surface area contributed by atoms with Crippen molar-refractivity contribution in [3.63, 3.8) is 0 Å². The molecule has 0 saturated carbocycles. The fraction of sp³-hybridized carbons (Fsp3) is 0.800. The van der Waals surface area contributed by atoms with E-state index in [4.69, 9.17) is 18.2 Å². The summed E-state index contributed by atoms with van der Waals surface area (Å²) in [6.07, 6.45) is 9.28. The summed E-state index contributed by atoms with van der Waals surface area (Å²) >= 11 is 0. The van der Waals surface area contributed by atoms with Gasteiger partial charge in [-0.1, -0.05) is 41.5 Å². The van der Waals surface area contributed by atoms with Crippen LogP contribution in [-0.4, -0.2) is 37.5 Å². The van der Waals surface area contributed by atoms with Crippen molar-refractivity contribution in [1.82, 2.24) is 0 Å². The molecule has 0 aliphatic heterocycles. The van der Waals surface area contributed by atoms with Crippen molar-refractivity contribution < 1.29 is 18.2 Å². The van der Waals surface area contributed by atoms with Crippen LogP contribution in [0.2, 0.25) is 36.3 Å². The van der Waals surface area contributed by atoms with E-state index < -0.39 is 16.6 Å². The second-order valence-electron chi connectivity index (χ2n) is 9.92. The molecular formula is C20H42BO4Si2. The van der Waals surface area contributed by atoms with Crippen LogP contribution in [0.4, 0.5) is 0 Å². The second-order valence-corrected chi connectivity index (χ2v) is 19.4. The van der Waals surface area contributed by atoms with Crippen LogP contribution in [0, 0.1) is 0 Å². The van der Waals surface area contributed by atoms with Crippen LogP contribution in [0.3, 0.4) is 0 Å². The number of hydrogen-bond donors (Lipinski definition) is 0. The summed E-state index contributed by atoms with van der Waals surface area (Å²) in [5, 5.41) is 0.444. The van der Waals surface area contributed by atoms with E-state index in [1.165, 1.54) is 7.69 Å². The first-order valence-electron chi connectivity index (χ1n) is 9.91. The van der Waals surface area contributed by atoms with Gasteiger partial charge >= 0.3 is 7.69 Å². The van der Waals surface area contributed by atoms with Crippen molar-refractivity contribution in [2.24, 2.45) is 0 Å². The molecule has 0 aromatic carbocycles. The lowest BCUT2D eigenvalue weighted by Gasteiger charge is -2.34. The first-order valence-corrected chi connectivity index (χ1v) is 15.7. The summed E-state index contributed by atoms with van der Waals surface area (Å²) in [7, 11) is -1.98. The van der Waals surface area contributed by atoms with Crippen molar-refractivity contribution in [2.75, 3.05) is 13.2 Å². The molecule has 0 unspecified atom stereocenters. The molecule has 0 rings (SSSR count). The van der Waals surface area contributed by atoms with Gasteiger partial charge in [0.2, 0.25) is 16.6 Å². The van der Waals surface area contributed by atoms with E-state index in [2.05, 4.69) is 67.7 Å². The molecule has 157 valence electrons. The number of rotatable bonds is 12. The second kappa shape index (κ2) is 11.5. The van der Waals surface area contributed by atoms with E-state index in [-0.39, 0.29) is 10.1 Å². The molecule has 0 heterocycles. The van der Waals surface area contributed by atoms with Crippen molar-refractivity contribution in [2.45, 2.75) is 90.6 Å². The van der Waals surface area contributed by atoms with Gasteiger partial charge in [-0.25, -0.2) is 0 Å². The summed E-state index contributed by atoms with van der Waals surface area (Å²) in [4.78, 5) is 0. The standard InChI is InChI=1S/C20H42BO4Si2/c1-19(2,3)26(7,8)24-17-13-11-15-22-21-23-16-12-14-18-25-27(9,10)20(4,5)6/h13-14,17-18H,11-12,15-16H2,1-10H3. The highest BCUT2D eigenvalue weighted by atomic mass is 28.4. The van der Waals surface area contributed by atoms with Crippen LogP contribution in [0.1, 0.15) is 54.4 Å². The quantitative estimate of drug-likeness (QED) is 0.211. The first kappa shape index (κ1) is 26.5. The molecule has 27 heavy (non-hydrogen) atoms. The Labute approximate surface area is 171 Å². The lowest BCUT2D eigenvalue weighted by atomic mass is 10.2. The first-order chi connectivity index (χ1) is 12.2. The zero-order valence-corrected chi connectivity index (χ0v) is 21.3. The van der Waals surface area contributed by atoms with E-state index in [0.717, 1.165) is 12.8 Å². The molecule has 0 aliphatic carbocycles. The molecule has 0 N–H and O–H groups in total. The summed E-state index contributed by atoms with van der Waals surface area (Å²) in [6, 6.07) is 0. The Balaban J connectivity index is 3.69. The van der Waals surface area contributed by atoms with Crippen LogP contribution < -0.4 is 0 Å². The lowest BCUT2D eigenvalue weighted by Crippen LogP contribution is -2.39. The van der Waals surface area contributed by atoms with Crippen molar-refractivity contribution in [3.05, 3.63) is 24.7 Å². The van der Waals surface area contributed by atoms with Gasteiger partial charge in [0.15, 0.2) is 0 Å². The Morgan fingerprint density at radius 1 is 0.667 bits per heavy atom. The highest BCUT2D eigenvalue weighted by molar-refractivity contribution is 6.74. The van der Waals surface area contributed by atoms with Crippen LogP contribution in [0.5, 0.6) is 0 Å². The molecular weight excluding hydrogens is 371 g/mol. The van der Waals surface area contributed by atoms with Crippen LogP contribution in [0.15, 0.2) is 24.7 Å². The fourth-order valence-electron chi connectivity index (χ4n) is 1.34. The minimum atomic E-state index is -1.70. The molecule has 7 heteroatoms. The van der Waals surface area contributed by atoms with Gasteiger partial charge in [0, 0.05) is 13.2 Å². The zero-order chi connectivity index (χ0) is 21.2. The van der Waals surface area contributed by atoms with Gasteiger partial charge < -0.3 is 18.2 Å². The number of hydrogen-bond acceptors (Lipinski definition) is 4. The minimum absolute atomic E-state index is 0.222. The van der Waals surface area contributed by atoms with Gasteiger partial charge in [0.25, 0.3) is 0 Å². The van der Waals surface area contributed by atoms with Crippen LogP contribution in [-0.2, 0) is 18.2 Å². The Hall–Kier alpha value is -0.501. The Morgan fingerprint density at radius 2 is 1.00 bits per heavy atom. The molecule has 0 atom stereocenters. The molecule has 0 spiro atoms. The average Bonchev–Trinajstić information content (AvgIpc) is 2.49. The molecule has 0 bridgehead atoms. The van der Waals surface area contributed by atoms with Gasteiger partial charge in [0.1, 0.15) is 0 Å². The third-order valence-corrected chi connectivity index (χ3v) is 14.1. The molecule has 4 nitrogen and oxygen atoms in total. The van der Waals surface area contributed by atoms with Crippen molar-refractivity contribution in [3.8, 4) is 0 Å². The lowest BCUT2D eigenvalue weighted by molar-refractivity contribution is 0.227. The summed E-state index contributed by atoms with van der Waals surface area (Å²) in [5.74, 6) is 0. The van der Waals surface area contributed by atoms with E-state index in [0.29, 0.717) is 13.2 Å². The minimum Gasteiger partial charge on any atom is -0.549 e. The predicted molar refractivity (Wildman–Crippen MR) is 122 cm³/mol. The van der Waals surface area contributed by atoms with E-state index in [1.54, 1.807) is 0 Å². The Bertz CT molecular complexity index is 422. The maximum atomic E-state index is 5.97. The third kappa shape index (κ3) is 11.2. The molecule has 0 aromatic heterocycles.